The summed E-state index contributed by atoms with van der Waals surface area (Å²) in [6.07, 6.45) is 1.35. The van der Waals surface area contributed by atoms with Gasteiger partial charge >= 0.3 is 0 Å². The lowest BCUT2D eigenvalue weighted by Gasteiger charge is -2.06. The maximum absolute atomic E-state index is 12.2. The number of nitrogens with zero attached hydrogens (tertiary/aromatic N) is 3. The second kappa shape index (κ2) is 4.69. The molecule has 9 heteroatoms. The van der Waals surface area contributed by atoms with Gasteiger partial charge < -0.3 is 5.73 Å². The molecule has 0 bridgehead atoms. The Morgan fingerprint density at radius 2 is 2.05 bits per heavy atom. The van der Waals surface area contributed by atoms with Crippen LogP contribution in [0.3, 0.4) is 0 Å². The van der Waals surface area contributed by atoms with Crippen molar-refractivity contribution in [3.63, 3.8) is 0 Å². The number of rotatable bonds is 3. The van der Waals surface area contributed by atoms with E-state index < -0.39 is 10.0 Å². The smallest absolute Gasteiger partial charge is 0.262 e. The molecule has 3 aromatic rings. The fourth-order valence-electron chi connectivity index (χ4n) is 1.69. The van der Waals surface area contributed by atoms with Crippen LogP contribution < -0.4 is 10.5 Å². The molecule has 2 heterocycles. The van der Waals surface area contributed by atoms with E-state index in [2.05, 4.69) is 19.3 Å². The van der Waals surface area contributed by atoms with Gasteiger partial charge in [0, 0.05) is 16.9 Å². The Morgan fingerprint density at radius 1 is 1.20 bits per heavy atom. The number of nitrogen functional groups attached to an aromatic ring is 1. The zero-order valence-electron chi connectivity index (χ0n) is 10.0. The van der Waals surface area contributed by atoms with Crippen LogP contribution in [0.2, 0.25) is 0 Å². The van der Waals surface area contributed by atoms with E-state index >= 15 is 0 Å². The molecule has 0 fully saturated rings. The summed E-state index contributed by atoms with van der Waals surface area (Å²) in [4.78, 5) is 4.26. The molecule has 1 aromatic carbocycles. The predicted molar refractivity (Wildman–Crippen MR) is 76.9 cm³/mol. The van der Waals surface area contributed by atoms with E-state index in [4.69, 9.17) is 5.73 Å². The maximum atomic E-state index is 12.2. The van der Waals surface area contributed by atoms with Crippen LogP contribution in [0.5, 0.6) is 0 Å². The second-order valence-electron chi connectivity index (χ2n) is 3.98. The van der Waals surface area contributed by atoms with Crippen molar-refractivity contribution >= 4 is 43.3 Å². The standard InChI is InChI=1S/C11H9N5O2S2/c12-10-4-1-7-5-8(2-3-9(7)14-10)20(17,18)15-11-6-13-16-19-11/h1-6,15H,(H2,12,14). The van der Waals surface area contributed by atoms with E-state index in [9.17, 15) is 8.42 Å². The molecule has 0 unspecified atom stereocenters. The Labute approximate surface area is 118 Å². The number of hydrogen-bond acceptors (Lipinski definition) is 7. The van der Waals surface area contributed by atoms with Gasteiger partial charge in [0.25, 0.3) is 10.0 Å². The Balaban J connectivity index is 2.03. The van der Waals surface area contributed by atoms with E-state index in [-0.39, 0.29) is 4.90 Å². The summed E-state index contributed by atoms with van der Waals surface area (Å²) >= 11 is 0.970. The minimum Gasteiger partial charge on any atom is -0.384 e. The molecule has 3 rings (SSSR count). The van der Waals surface area contributed by atoms with Crippen LogP contribution in [-0.2, 0) is 10.0 Å². The molecular weight excluding hydrogens is 298 g/mol. The molecule has 2 aromatic heterocycles. The molecular formula is C11H9N5O2S2. The molecule has 0 aliphatic heterocycles. The summed E-state index contributed by atoms with van der Waals surface area (Å²) in [6.45, 7) is 0. The number of fused-ring (bicyclic) bond motifs is 1. The van der Waals surface area contributed by atoms with Crippen LogP contribution in [-0.4, -0.2) is 23.0 Å². The topological polar surface area (TPSA) is 111 Å². The van der Waals surface area contributed by atoms with Gasteiger partial charge in [0.2, 0.25) is 0 Å². The zero-order valence-corrected chi connectivity index (χ0v) is 11.6. The highest BCUT2D eigenvalue weighted by atomic mass is 32.2. The van der Waals surface area contributed by atoms with E-state index in [1.54, 1.807) is 24.3 Å². The highest BCUT2D eigenvalue weighted by Crippen LogP contribution is 2.22. The van der Waals surface area contributed by atoms with E-state index in [0.717, 1.165) is 11.5 Å². The van der Waals surface area contributed by atoms with Crippen molar-refractivity contribution < 1.29 is 8.42 Å². The van der Waals surface area contributed by atoms with Crippen LogP contribution in [0.1, 0.15) is 0 Å². The van der Waals surface area contributed by atoms with Crippen LogP contribution in [0.15, 0.2) is 41.4 Å². The van der Waals surface area contributed by atoms with Gasteiger partial charge in [0.15, 0.2) is 0 Å². The quantitative estimate of drug-likeness (QED) is 0.758. The van der Waals surface area contributed by atoms with Crippen molar-refractivity contribution in [1.82, 2.24) is 14.6 Å². The Hall–Kier alpha value is -2.26. The molecule has 0 radical (unpaired) electrons. The maximum Gasteiger partial charge on any atom is 0.262 e. The SMILES string of the molecule is Nc1ccc2cc(S(=O)(=O)Nc3cnns3)ccc2n1. The van der Waals surface area contributed by atoms with Crippen molar-refractivity contribution in [2.45, 2.75) is 4.90 Å². The molecule has 0 atom stereocenters. The van der Waals surface area contributed by atoms with E-state index in [1.165, 1.54) is 12.3 Å². The van der Waals surface area contributed by atoms with E-state index in [1.807, 2.05) is 0 Å². The van der Waals surface area contributed by atoms with Crippen LogP contribution in [0, 0.1) is 0 Å². The third kappa shape index (κ3) is 2.40. The molecule has 0 aliphatic carbocycles. The first kappa shape index (κ1) is 12.8. The monoisotopic (exact) mass is 307 g/mol. The lowest BCUT2D eigenvalue weighted by Crippen LogP contribution is -2.12. The van der Waals surface area contributed by atoms with Gasteiger partial charge in [0.1, 0.15) is 10.8 Å². The van der Waals surface area contributed by atoms with Gasteiger partial charge in [-0.1, -0.05) is 4.49 Å². The largest absolute Gasteiger partial charge is 0.384 e. The summed E-state index contributed by atoms with van der Waals surface area (Å²) in [5.74, 6) is 0.391. The van der Waals surface area contributed by atoms with Gasteiger partial charge in [-0.25, -0.2) is 13.4 Å². The molecule has 0 spiro atoms. The highest BCUT2D eigenvalue weighted by Gasteiger charge is 2.16. The Bertz CT molecular complexity index is 862. The molecule has 0 saturated heterocycles. The zero-order chi connectivity index (χ0) is 14.2. The number of nitrogens with two attached hydrogens (primary N) is 1. The van der Waals surface area contributed by atoms with E-state index in [0.29, 0.717) is 21.7 Å². The number of hydrogen-bond donors (Lipinski definition) is 2. The third-order valence-electron chi connectivity index (χ3n) is 2.59. The summed E-state index contributed by atoms with van der Waals surface area (Å²) in [5, 5.41) is 4.64. The Morgan fingerprint density at radius 3 is 2.80 bits per heavy atom. The summed E-state index contributed by atoms with van der Waals surface area (Å²) in [6, 6.07) is 7.99. The number of sulfonamides is 1. The van der Waals surface area contributed by atoms with Crippen molar-refractivity contribution in [2.24, 2.45) is 0 Å². The summed E-state index contributed by atoms with van der Waals surface area (Å²) < 4.78 is 30.4. The molecule has 0 aliphatic rings. The second-order valence-corrected chi connectivity index (χ2v) is 6.45. The van der Waals surface area contributed by atoms with Gasteiger partial charge in [0.05, 0.1) is 16.6 Å². The van der Waals surface area contributed by atoms with Gasteiger partial charge in [-0.3, -0.25) is 4.72 Å². The fraction of sp³-hybridized carbons (Fsp3) is 0. The molecule has 0 saturated carbocycles. The number of anilines is 2. The van der Waals surface area contributed by atoms with Gasteiger partial charge in [-0.2, -0.15) is 0 Å². The lowest BCUT2D eigenvalue weighted by atomic mass is 10.2. The minimum absolute atomic E-state index is 0.143. The Kier molecular flexibility index (Phi) is 2.99. The lowest BCUT2D eigenvalue weighted by molar-refractivity contribution is 0.601. The molecule has 102 valence electrons. The highest BCUT2D eigenvalue weighted by molar-refractivity contribution is 7.93. The minimum atomic E-state index is -3.66. The van der Waals surface area contributed by atoms with Gasteiger partial charge in [-0.05, 0) is 30.3 Å². The average molecular weight is 307 g/mol. The first-order valence-corrected chi connectivity index (χ1v) is 7.77. The van der Waals surface area contributed by atoms with Gasteiger partial charge in [-0.15, -0.1) is 5.10 Å². The average Bonchev–Trinajstić information content (AvgIpc) is 2.90. The first-order valence-electron chi connectivity index (χ1n) is 5.51. The first-order chi connectivity index (χ1) is 9.54. The van der Waals surface area contributed by atoms with Crippen LogP contribution >= 0.6 is 11.5 Å². The van der Waals surface area contributed by atoms with Crippen molar-refractivity contribution in [1.29, 1.82) is 0 Å². The molecule has 0 amide bonds. The van der Waals surface area contributed by atoms with Crippen molar-refractivity contribution in [3.8, 4) is 0 Å². The number of aromatic nitrogens is 3. The number of benzene rings is 1. The molecule has 7 nitrogen and oxygen atoms in total. The normalized spacial score (nSPS) is 11.6. The third-order valence-corrected chi connectivity index (χ3v) is 4.66. The fourth-order valence-corrected chi connectivity index (χ4v) is 3.41. The molecule has 20 heavy (non-hydrogen) atoms. The summed E-state index contributed by atoms with van der Waals surface area (Å²) in [5.41, 5.74) is 6.23. The number of nitrogens with one attached hydrogen (secondary N) is 1. The number of pyridine rings is 1. The van der Waals surface area contributed by atoms with Crippen LogP contribution in [0.4, 0.5) is 10.8 Å². The summed E-state index contributed by atoms with van der Waals surface area (Å²) in [7, 11) is -3.66. The van der Waals surface area contributed by atoms with Crippen molar-refractivity contribution in [3.05, 3.63) is 36.5 Å². The van der Waals surface area contributed by atoms with Crippen molar-refractivity contribution in [2.75, 3.05) is 10.5 Å². The molecule has 3 N–H and O–H groups in total. The van der Waals surface area contributed by atoms with Crippen LogP contribution in [0.25, 0.3) is 10.9 Å². The predicted octanol–water partition coefficient (Wildman–Crippen LogP) is 1.47.